The highest BCUT2D eigenvalue weighted by atomic mass is 16.5. The van der Waals surface area contributed by atoms with E-state index in [-0.39, 0.29) is 5.97 Å². The van der Waals surface area contributed by atoms with Crippen molar-refractivity contribution in [2.75, 3.05) is 38.2 Å². The summed E-state index contributed by atoms with van der Waals surface area (Å²) in [5, 5.41) is 3.33. The van der Waals surface area contributed by atoms with Gasteiger partial charge in [-0.15, -0.1) is 0 Å². The molecule has 1 aliphatic heterocycles. The zero-order chi connectivity index (χ0) is 12.8. The molecule has 0 atom stereocenters. The number of nitrogens with zero attached hydrogens (tertiary/aromatic N) is 1. The zero-order valence-electron chi connectivity index (χ0n) is 10.6. The van der Waals surface area contributed by atoms with Gasteiger partial charge < -0.3 is 15.0 Å². The quantitative estimate of drug-likeness (QED) is 0.644. The highest BCUT2D eigenvalue weighted by Gasteiger charge is 2.12. The van der Waals surface area contributed by atoms with Crippen LogP contribution in [0.15, 0.2) is 30.3 Å². The number of rotatable bonds is 3. The smallest absolute Gasteiger partial charge is 0.330 e. The standard InChI is InChI=1S/C14H18N2O2/c1-18-14(17)7-6-12-4-2-3-5-13(12)16-10-8-15-9-11-16/h2-7,15H,8-11H2,1H3/b7-6+. The lowest BCUT2D eigenvalue weighted by molar-refractivity contribution is -0.134. The summed E-state index contributed by atoms with van der Waals surface area (Å²) in [4.78, 5) is 13.5. The van der Waals surface area contributed by atoms with Crippen molar-refractivity contribution >= 4 is 17.7 Å². The fourth-order valence-electron chi connectivity index (χ4n) is 2.05. The molecule has 1 heterocycles. The lowest BCUT2D eigenvalue weighted by Gasteiger charge is -2.30. The number of carbonyl (C=O) groups excluding carboxylic acids is 1. The molecule has 1 N–H and O–H groups in total. The Bertz CT molecular complexity index is 437. The van der Waals surface area contributed by atoms with Crippen LogP contribution in [0.3, 0.4) is 0 Å². The van der Waals surface area contributed by atoms with E-state index in [9.17, 15) is 4.79 Å². The number of methoxy groups -OCH3 is 1. The molecule has 96 valence electrons. The molecule has 1 saturated heterocycles. The molecule has 0 saturated carbocycles. The summed E-state index contributed by atoms with van der Waals surface area (Å²) in [6.45, 7) is 3.97. The van der Waals surface area contributed by atoms with Crippen molar-refractivity contribution in [3.8, 4) is 0 Å². The molecule has 0 unspecified atom stereocenters. The summed E-state index contributed by atoms with van der Waals surface area (Å²) in [5.74, 6) is -0.329. The summed E-state index contributed by atoms with van der Waals surface area (Å²) >= 11 is 0. The van der Waals surface area contributed by atoms with Gasteiger partial charge in [0.2, 0.25) is 0 Å². The molecule has 1 aliphatic rings. The number of hydrogen-bond donors (Lipinski definition) is 1. The largest absolute Gasteiger partial charge is 0.466 e. The van der Waals surface area contributed by atoms with Gasteiger partial charge in [0.25, 0.3) is 0 Å². The van der Waals surface area contributed by atoms with Crippen molar-refractivity contribution in [1.29, 1.82) is 0 Å². The first-order chi connectivity index (χ1) is 8.81. The third-order valence-corrected chi connectivity index (χ3v) is 2.99. The molecule has 18 heavy (non-hydrogen) atoms. The van der Waals surface area contributed by atoms with E-state index in [1.54, 1.807) is 0 Å². The van der Waals surface area contributed by atoms with Gasteiger partial charge in [-0.25, -0.2) is 4.79 Å². The molecule has 2 rings (SSSR count). The minimum atomic E-state index is -0.329. The molecule has 1 aromatic rings. The zero-order valence-corrected chi connectivity index (χ0v) is 10.6. The number of hydrogen-bond acceptors (Lipinski definition) is 4. The maximum Gasteiger partial charge on any atom is 0.330 e. The summed E-state index contributed by atoms with van der Waals surface area (Å²) in [6, 6.07) is 8.09. The second-order valence-corrected chi connectivity index (χ2v) is 4.15. The minimum absolute atomic E-state index is 0.329. The normalized spacial score (nSPS) is 15.9. The number of piperazine rings is 1. The molecule has 4 nitrogen and oxygen atoms in total. The van der Waals surface area contributed by atoms with Gasteiger partial charge in [-0.2, -0.15) is 0 Å². The van der Waals surface area contributed by atoms with E-state index < -0.39 is 0 Å². The Morgan fingerprint density at radius 2 is 2.06 bits per heavy atom. The molecular formula is C14H18N2O2. The SMILES string of the molecule is COC(=O)/C=C/c1ccccc1N1CCNCC1. The first-order valence-electron chi connectivity index (χ1n) is 6.12. The fourth-order valence-corrected chi connectivity index (χ4v) is 2.05. The summed E-state index contributed by atoms with van der Waals surface area (Å²) in [6.07, 6.45) is 3.27. The van der Waals surface area contributed by atoms with Crippen molar-refractivity contribution in [2.45, 2.75) is 0 Å². The Morgan fingerprint density at radius 3 is 2.78 bits per heavy atom. The Balaban J connectivity index is 2.19. The van der Waals surface area contributed by atoms with Crippen LogP contribution in [0.4, 0.5) is 5.69 Å². The predicted octanol–water partition coefficient (Wildman–Crippen LogP) is 1.28. The van der Waals surface area contributed by atoms with Gasteiger partial charge in [0.1, 0.15) is 0 Å². The highest BCUT2D eigenvalue weighted by Crippen LogP contribution is 2.22. The third-order valence-electron chi connectivity index (χ3n) is 2.99. The first-order valence-corrected chi connectivity index (χ1v) is 6.12. The molecule has 0 bridgehead atoms. The minimum Gasteiger partial charge on any atom is -0.466 e. The van der Waals surface area contributed by atoms with Gasteiger partial charge in [-0.05, 0) is 17.7 Å². The maximum atomic E-state index is 11.1. The molecule has 0 aromatic heterocycles. The third kappa shape index (κ3) is 3.11. The van der Waals surface area contributed by atoms with Gasteiger partial charge in [-0.1, -0.05) is 18.2 Å². The van der Waals surface area contributed by atoms with Gasteiger partial charge in [-0.3, -0.25) is 0 Å². The molecule has 1 fully saturated rings. The average molecular weight is 246 g/mol. The van der Waals surface area contributed by atoms with E-state index >= 15 is 0 Å². The van der Waals surface area contributed by atoms with Crippen LogP contribution >= 0.6 is 0 Å². The number of para-hydroxylation sites is 1. The van der Waals surface area contributed by atoms with E-state index in [0.29, 0.717) is 0 Å². The molecule has 0 aliphatic carbocycles. The predicted molar refractivity (Wildman–Crippen MR) is 72.6 cm³/mol. The first kappa shape index (κ1) is 12.6. The molecule has 0 radical (unpaired) electrons. The second kappa shape index (κ2) is 6.21. The number of anilines is 1. The van der Waals surface area contributed by atoms with E-state index in [1.807, 2.05) is 24.3 Å². The number of nitrogens with one attached hydrogen (secondary N) is 1. The molecule has 0 amide bonds. The van der Waals surface area contributed by atoms with Crippen LogP contribution in [-0.2, 0) is 9.53 Å². The van der Waals surface area contributed by atoms with Crippen LogP contribution in [0, 0.1) is 0 Å². The van der Waals surface area contributed by atoms with Crippen molar-refractivity contribution in [1.82, 2.24) is 5.32 Å². The summed E-state index contributed by atoms with van der Waals surface area (Å²) in [5.41, 5.74) is 2.21. The van der Waals surface area contributed by atoms with Crippen molar-refractivity contribution in [3.05, 3.63) is 35.9 Å². The Hall–Kier alpha value is -1.81. The summed E-state index contributed by atoms with van der Waals surface area (Å²) in [7, 11) is 1.38. The fraction of sp³-hybridized carbons (Fsp3) is 0.357. The van der Waals surface area contributed by atoms with E-state index in [2.05, 4.69) is 21.0 Å². The Labute approximate surface area is 107 Å². The lowest BCUT2D eigenvalue weighted by Crippen LogP contribution is -2.43. The maximum absolute atomic E-state index is 11.1. The van der Waals surface area contributed by atoms with Crippen LogP contribution in [-0.4, -0.2) is 39.3 Å². The number of carbonyl (C=O) groups is 1. The number of benzene rings is 1. The molecule has 1 aromatic carbocycles. The Morgan fingerprint density at radius 1 is 1.33 bits per heavy atom. The summed E-state index contributed by atoms with van der Waals surface area (Å²) < 4.78 is 4.61. The monoisotopic (exact) mass is 246 g/mol. The molecule has 0 spiro atoms. The van der Waals surface area contributed by atoms with Crippen LogP contribution in [0.1, 0.15) is 5.56 Å². The van der Waals surface area contributed by atoms with Crippen molar-refractivity contribution in [2.24, 2.45) is 0 Å². The van der Waals surface area contributed by atoms with Crippen LogP contribution in [0.25, 0.3) is 6.08 Å². The van der Waals surface area contributed by atoms with Gasteiger partial charge in [0.05, 0.1) is 7.11 Å². The topological polar surface area (TPSA) is 41.6 Å². The van der Waals surface area contributed by atoms with E-state index in [4.69, 9.17) is 0 Å². The molecular weight excluding hydrogens is 228 g/mol. The second-order valence-electron chi connectivity index (χ2n) is 4.15. The van der Waals surface area contributed by atoms with Crippen molar-refractivity contribution in [3.63, 3.8) is 0 Å². The van der Waals surface area contributed by atoms with E-state index in [0.717, 1.165) is 31.7 Å². The average Bonchev–Trinajstić information content (AvgIpc) is 2.46. The highest BCUT2D eigenvalue weighted by molar-refractivity contribution is 5.88. The van der Waals surface area contributed by atoms with Crippen LogP contribution in [0.5, 0.6) is 0 Å². The van der Waals surface area contributed by atoms with Crippen molar-refractivity contribution < 1.29 is 9.53 Å². The number of esters is 1. The van der Waals surface area contributed by atoms with Crippen LogP contribution < -0.4 is 10.2 Å². The van der Waals surface area contributed by atoms with Gasteiger partial charge in [0, 0.05) is 37.9 Å². The van der Waals surface area contributed by atoms with Gasteiger partial charge in [0.15, 0.2) is 0 Å². The Kier molecular flexibility index (Phi) is 4.36. The molecule has 4 heteroatoms. The lowest BCUT2D eigenvalue weighted by atomic mass is 10.1. The van der Waals surface area contributed by atoms with Crippen LogP contribution in [0.2, 0.25) is 0 Å². The van der Waals surface area contributed by atoms with E-state index in [1.165, 1.54) is 18.9 Å². The number of ether oxygens (including phenoxy) is 1. The van der Waals surface area contributed by atoms with Gasteiger partial charge >= 0.3 is 5.97 Å².